The van der Waals surface area contributed by atoms with Crippen molar-refractivity contribution in [3.8, 4) is 17.0 Å². The second-order valence-electron chi connectivity index (χ2n) is 4.02. The summed E-state index contributed by atoms with van der Waals surface area (Å²) in [6, 6.07) is 6.01. The molecule has 1 aromatic carbocycles. The fourth-order valence-corrected chi connectivity index (χ4v) is 2.23. The first-order valence-electron chi connectivity index (χ1n) is 5.48. The van der Waals surface area contributed by atoms with E-state index in [1.165, 1.54) is 7.11 Å². The van der Waals surface area contributed by atoms with Crippen molar-refractivity contribution < 1.29 is 4.74 Å². The summed E-state index contributed by atoms with van der Waals surface area (Å²) in [6.45, 7) is 4.02. The van der Waals surface area contributed by atoms with E-state index in [0.29, 0.717) is 11.4 Å². The summed E-state index contributed by atoms with van der Waals surface area (Å²) >= 11 is 6.03. The monoisotopic (exact) mass is 263 g/mol. The predicted octanol–water partition coefficient (Wildman–Crippen LogP) is 3.00. The Hall–Kier alpha value is -1.81. The molecule has 0 fully saturated rings. The largest absolute Gasteiger partial charge is 0.491 e. The lowest BCUT2D eigenvalue weighted by molar-refractivity contribution is 0.413. The van der Waals surface area contributed by atoms with Crippen molar-refractivity contribution in [2.24, 2.45) is 0 Å². The van der Waals surface area contributed by atoms with Crippen LogP contribution in [0.3, 0.4) is 0 Å². The standard InChI is InChI=1S/C13H14ClN3O/c1-7-5-4-6-8(2)9(7)10-11(18-3)12(14)17-13(15)16-10/h4-6H,1-3H3,(H2,15,16,17). The van der Waals surface area contributed by atoms with Crippen LogP contribution in [0, 0.1) is 13.8 Å². The normalized spacial score (nSPS) is 10.4. The second-order valence-corrected chi connectivity index (χ2v) is 4.38. The van der Waals surface area contributed by atoms with Crippen LogP contribution in [0.15, 0.2) is 18.2 Å². The molecule has 0 amide bonds. The van der Waals surface area contributed by atoms with Crippen molar-refractivity contribution >= 4 is 17.5 Å². The zero-order chi connectivity index (χ0) is 13.3. The molecule has 18 heavy (non-hydrogen) atoms. The van der Waals surface area contributed by atoms with Gasteiger partial charge in [0.15, 0.2) is 10.9 Å². The van der Waals surface area contributed by atoms with Gasteiger partial charge < -0.3 is 10.5 Å². The molecule has 2 rings (SSSR count). The lowest BCUT2D eigenvalue weighted by atomic mass is 9.99. The van der Waals surface area contributed by atoms with E-state index >= 15 is 0 Å². The molecule has 4 nitrogen and oxygen atoms in total. The number of methoxy groups -OCH3 is 1. The third kappa shape index (κ3) is 2.11. The Balaban J connectivity index is 2.78. The SMILES string of the molecule is COc1c(Cl)nc(N)nc1-c1c(C)cccc1C. The highest BCUT2D eigenvalue weighted by atomic mass is 35.5. The van der Waals surface area contributed by atoms with Crippen molar-refractivity contribution in [3.05, 3.63) is 34.5 Å². The predicted molar refractivity (Wildman–Crippen MR) is 72.9 cm³/mol. The number of nitrogens with two attached hydrogens (primary N) is 1. The Labute approximate surface area is 111 Å². The number of halogens is 1. The second kappa shape index (κ2) is 4.82. The Bertz CT molecular complexity index is 579. The summed E-state index contributed by atoms with van der Waals surface area (Å²) in [5.41, 5.74) is 9.44. The van der Waals surface area contributed by atoms with Gasteiger partial charge in [0.25, 0.3) is 0 Å². The highest BCUT2D eigenvalue weighted by Crippen LogP contribution is 2.37. The van der Waals surface area contributed by atoms with Gasteiger partial charge in [-0.3, -0.25) is 0 Å². The van der Waals surface area contributed by atoms with Crippen LogP contribution in [0.2, 0.25) is 5.15 Å². The smallest absolute Gasteiger partial charge is 0.222 e. The summed E-state index contributed by atoms with van der Waals surface area (Å²) in [4.78, 5) is 8.15. The topological polar surface area (TPSA) is 61.0 Å². The average molecular weight is 264 g/mol. The molecule has 0 saturated heterocycles. The number of anilines is 1. The fraction of sp³-hybridized carbons (Fsp3) is 0.231. The fourth-order valence-electron chi connectivity index (χ4n) is 1.98. The van der Waals surface area contributed by atoms with Crippen molar-refractivity contribution in [1.29, 1.82) is 0 Å². The summed E-state index contributed by atoms with van der Waals surface area (Å²) in [5, 5.41) is 0.225. The van der Waals surface area contributed by atoms with Gasteiger partial charge in [-0.2, -0.15) is 4.98 Å². The van der Waals surface area contributed by atoms with Crippen molar-refractivity contribution in [2.45, 2.75) is 13.8 Å². The van der Waals surface area contributed by atoms with Gasteiger partial charge in [0.2, 0.25) is 5.95 Å². The molecule has 5 heteroatoms. The van der Waals surface area contributed by atoms with E-state index in [0.717, 1.165) is 16.7 Å². The molecule has 0 unspecified atom stereocenters. The van der Waals surface area contributed by atoms with Crippen molar-refractivity contribution in [3.63, 3.8) is 0 Å². The Morgan fingerprint density at radius 3 is 2.33 bits per heavy atom. The van der Waals surface area contributed by atoms with Gasteiger partial charge in [0.05, 0.1) is 7.11 Å². The lowest BCUT2D eigenvalue weighted by Gasteiger charge is -2.13. The van der Waals surface area contributed by atoms with Crippen LogP contribution in [-0.4, -0.2) is 17.1 Å². The summed E-state index contributed by atoms with van der Waals surface area (Å²) in [5.74, 6) is 0.585. The van der Waals surface area contributed by atoms with E-state index in [1.54, 1.807) is 0 Å². The minimum absolute atomic E-state index is 0.137. The van der Waals surface area contributed by atoms with E-state index in [-0.39, 0.29) is 11.1 Å². The van der Waals surface area contributed by atoms with Crippen LogP contribution in [0.25, 0.3) is 11.3 Å². The van der Waals surface area contributed by atoms with Crippen LogP contribution in [0.5, 0.6) is 5.75 Å². The van der Waals surface area contributed by atoms with Gasteiger partial charge in [-0.25, -0.2) is 4.98 Å². The molecule has 0 atom stereocenters. The number of hydrogen-bond donors (Lipinski definition) is 1. The third-order valence-electron chi connectivity index (χ3n) is 2.76. The number of benzene rings is 1. The molecule has 2 aromatic rings. The minimum Gasteiger partial charge on any atom is -0.491 e. The number of aromatic nitrogens is 2. The van der Waals surface area contributed by atoms with Gasteiger partial charge in [0, 0.05) is 5.56 Å². The molecule has 1 aromatic heterocycles. The molecular formula is C13H14ClN3O. The van der Waals surface area contributed by atoms with Gasteiger partial charge in [0.1, 0.15) is 5.69 Å². The van der Waals surface area contributed by atoms with Gasteiger partial charge in [-0.15, -0.1) is 0 Å². The van der Waals surface area contributed by atoms with Gasteiger partial charge >= 0.3 is 0 Å². The molecule has 0 aliphatic carbocycles. The molecule has 0 bridgehead atoms. The zero-order valence-corrected chi connectivity index (χ0v) is 11.2. The summed E-state index contributed by atoms with van der Waals surface area (Å²) < 4.78 is 5.28. The first kappa shape index (κ1) is 12.6. The summed E-state index contributed by atoms with van der Waals surface area (Å²) in [7, 11) is 1.54. The van der Waals surface area contributed by atoms with E-state index in [2.05, 4.69) is 9.97 Å². The maximum absolute atomic E-state index is 6.03. The van der Waals surface area contributed by atoms with Crippen LogP contribution in [0.4, 0.5) is 5.95 Å². The first-order valence-corrected chi connectivity index (χ1v) is 5.86. The van der Waals surface area contributed by atoms with Gasteiger partial charge in [-0.05, 0) is 25.0 Å². The van der Waals surface area contributed by atoms with Crippen LogP contribution in [0.1, 0.15) is 11.1 Å². The third-order valence-corrected chi connectivity index (χ3v) is 3.02. The van der Waals surface area contributed by atoms with Crippen LogP contribution < -0.4 is 10.5 Å². The highest BCUT2D eigenvalue weighted by Gasteiger charge is 2.17. The molecule has 94 valence electrons. The molecule has 0 saturated carbocycles. The van der Waals surface area contributed by atoms with E-state index < -0.39 is 0 Å². The van der Waals surface area contributed by atoms with Crippen molar-refractivity contribution in [2.75, 3.05) is 12.8 Å². The molecule has 0 aliphatic rings. The maximum atomic E-state index is 6.03. The Morgan fingerprint density at radius 1 is 1.17 bits per heavy atom. The number of hydrogen-bond acceptors (Lipinski definition) is 4. The van der Waals surface area contributed by atoms with Crippen molar-refractivity contribution in [1.82, 2.24) is 9.97 Å². The van der Waals surface area contributed by atoms with E-state index in [1.807, 2.05) is 32.0 Å². The number of nitrogens with zero attached hydrogens (tertiary/aromatic N) is 2. The van der Waals surface area contributed by atoms with Crippen LogP contribution >= 0.6 is 11.6 Å². The number of nitrogen functional groups attached to an aromatic ring is 1. The quantitative estimate of drug-likeness (QED) is 0.846. The lowest BCUT2D eigenvalue weighted by Crippen LogP contribution is -2.02. The first-order chi connectivity index (χ1) is 8.54. The molecule has 0 radical (unpaired) electrons. The van der Waals surface area contributed by atoms with E-state index in [9.17, 15) is 0 Å². The highest BCUT2D eigenvalue weighted by molar-refractivity contribution is 6.31. The molecular weight excluding hydrogens is 250 g/mol. The molecule has 0 aliphatic heterocycles. The van der Waals surface area contributed by atoms with Gasteiger partial charge in [-0.1, -0.05) is 29.8 Å². The maximum Gasteiger partial charge on any atom is 0.222 e. The zero-order valence-electron chi connectivity index (χ0n) is 10.5. The Morgan fingerprint density at radius 2 is 1.78 bits per heavy atom. The number of aryl methyl sites for hydroxylation is 2. The minimum atomic E-state index is 0.137. The van der Waals surface area contributed by atoms with E-state index in [4.69, 9.17) is 22.1 Å². The Kier molecular flexibility index (Phi) is 3.39. The number of rotatable bonds is 2. The molecule has 0 spiro atoms. The molecule has 2 N–H and O–H groups in total. The number of ether oxygens (including phenoxy) is 1. The average Bonchev–Trinajstić information content (AvgIpc) is 2.28. The van der Waals surface area contributed by atoms with Crippen LogP contribution in [-0.2, 0) is 0 Å². The summed E-state index contributed by atoms with van der Waals surface area (Å²) in [6.07, 6.45) is 0. The molecule has 1 heterocycles.